The summed E-state index contributed by atoms with van der Waals surface area (Å²) in [5.41, 5.74) is 8.52. The van der Waals surface area contributed by atoms with Gasteiger partial charge in [0.1, 0.15) is 0 Å². The van der Waals surface area contributed by atoms with Crippen LogP contribution < -0.4 is 11.1 Å². The van der Waals surface area contributed by atoms with E-state index in [1.807, 2.05) is 6.20 Å². The second-order valence-corrected chi connectivity index (χ2v) is 6.60. The molecule has 0 radical (unpaired) electrons. The minimum Gasteiger partial charge on any atom is -0.375 e. The van der Waals surface area contributed by atoms with Crippen LogP contribution >= 0.6 is 36.2 Å². The lowest BCUT2D eigenvalue weighted by Gasteiger charge is -2.36. The maximum absolute atomic E-state index is 5.74. The highest BCUT2D eigenvalue weighted by Gasteiger charge is 2.24. The number of halogens is 2. The van der Waals surface area contributed by atoms with Crippen molar-refractivity contribution in [3.8, 4) is 0 Å². The molecule has 0 bridgehead atoms. The highest BCUT2D eigenvalue weighted by Crippen LogP contribution is 2.26. The fourth-order valence-corrected chi connectivity index (χ4v) is 3.55. The second-order valence-electron chi connectivity index (χ2n) is 5.45. The first kappa shape index (κ1) is 20.2. The van der Waals surface area contributed by atoms with Gasteiger partial charge in [-0.1, -0.05) is 31.2 Å². The number of benzene rings is 1. The first-order valence-corrected chi connectivity index (χ1v) is 8.31. The molecule has 1 aliphatic heterocycles. The zero-order chi connectivity index (χ0) is 14.7. The summed E-state index contributed by atoms with van der Waals surface area (Å²) in [6.07, 6.45) is 2.99. The molecular weight excluding hydrogens is 351 g/mol. The maximum Gasteiger partial charge on any atom is 0.180 e. The lowest BCUT2D eigenvalue weighted by atomic mass is 10.0. The van der Waals surface area contributed by atoms with Gasteiger partial charge in [-0.3, -0.25) is 4.90 Å². The molecule has 1 saturated heterocycles. The van der Waals surface area contributed by atoms with Gasteiger partial charge in [0.25, 0.3) is 0 Å². The monoisotopic (exact) mass is 374 g/mol. The van der Waals surface area contributed by atoms with Crippen LogP contribution in [0.1, 0.15) is 29.0 Å². The first-order valence-electron chi connectivity index (χ1n) is 7.50. The van der Waals surface area contributed by atoms with Gasteiger partial charge in [0, 0.05) is 43.3 Å². The van der Waals surface area contributed by atoms with Crippen LogP contribution in [0.4, 0.5) is 5.13 Å². The number of nitrogens with one attached hydrogen (secondary N) is 1. The normalized spacial score (nSPS) is 18.0. The number of nitrogens with two attached hydrogens (primary N) is 1. The van der Waals surface area contributed by atoms with Crippen molar-refractivity contribution in [3.63, 3.8) is 0 Å². The average molecular weight is 375 g/mol. The minimum absolute atomic E-state index is 0. The molecule has 7 heteroatoms. The molecule has 0 spiro atoms. The van der Waals surface area contributed by atoms with Crippen molar-refractivity contribution in [1.29, 1.82) is 0 Å². The van der Waals surface area contributed by atoms with Gasteiger partial charge in [-0.2, -0.15) is 0 Å². The zero-order valence-corrected chi connectivity index (χ0v) is 15.6. The number of aromatic nitrogens is 1. The van der Waals surface area contributed by atoms with E-state index in [1.165, 1.54) is 16.0 Å². The van der Waals surface area contributed by atoms with Crippen LogP contribution in [-0.2, 0) is 13.0 Å². The predicted molar refractivity (Wildman–Crippen MR) is 103 cm³/mol. The molecular formula is C16H24Cl2N4S. The molecule has 1 fully saturated rings. The lowest BCUT2D eigenvalue weighted by Crippen LogP contribution is -2.45. The van der Waals surface area contributed by atoms with Crippen LogP contribution in [0.5, 0.6) is 0 Å². The molecule has 1 aliphatic rings. The topological polar surface area (TPSA) is 54.2 Å². The summed E-state index contributed by atoms with van der Waals surface area (Å²) in [4.78, 5) is 7.92. The van der Waals surface area contributed by atoms with Crippen molar-refractivity contribution in [2.45, 2.75) is 25.9 Å². The molecule has 0 saturated carbocycles. The number of thiazole rings is 1. The standard InChI is InChI=1S/C16H22N4S.2ClH/c1-2-12-3-5-13(6-4-12)15-10-18-7-8-20(15)11-14-9-19-16(17)21-14;;/h3-6,9,15,18H,2,7-8,10-11H2,1H3,(H2,17,19);2*1H. The summed E-state index contributed by atoms with van der Waals surface area (Å²) < 4.78 is 0. The number of rotatable bonds is 4. The van der Waals surface area contributed by atoms with E-state index < -0.39 is 0 Å². The van der Waals surface area contributed by atoms with E-state index in [-0.39, 0.29) is 24.8 Å². The smallest absolute Gasteiger partial charge is 0.180 e. The number of anilines is 1. The molecule has 0 aliphatic carbocycles. The van der Waals surface area contributed by atoms with Crippen LogP contribution in [0.3, 0.4) is 0 Å². The number of nitrogen functional groups attached to an aromatic ring is 1. The Morgan fingerprint density at radius 2 is 2.04 bits per heavy atom. The molecule has 1 atom stereocenters. The average Bonchev–Trinajstić information content (AvgIpc) is 2.93. The molecule has 1 unspecified atom stereocenters. The van der Waals surface area contributed by atoms with Gasteiger partial charge in [0.15, 0.2) is 5.13 Å². The fourth-order valence-electron chi connectivity index (χ4n) is 2.84. The Hall–Kier alpha value is -0.850. The molecule has 3 rings (SSSR count). The van der Waals surface area contributed by atoms with Crippen molar-refractivity contribution >= 4 is 41.3 Å². The quantitative estimate of drug-likeness (QED) is 0.861. The Morgan fingerprint density at radius 3 is 2.65 bits per heavy atom. The van der Waals surface area contributed by atoms with Crippen LogP contribution in [0.2, 0.25) is 0 Å². The van der Waals surface area contributed by atoms with Crippen molar-refractivity contribution in [2.75, 3.05) is 25.4 Å². The maximum atomic E-state index is 5.74. The molecule has 128 valence electrons. The number of hydrogen-bond acceptors (Lipinski definition) is 5. The lowest BCUT2D eigenvalue weighted by molar-refractivity contribution is 0.155. The van der Waals surface area contributed by atoms with E-state index in [9.17, 15) is 0 Å². The molecule has 4 nitrogen and oxygen atoms in total. The van der Waals surface area contributed by atoms with Gasteiger partial charge in [0.05, 0.1) is 0 Å². The molecule has 2 heterocycles. The molecule has 2 aromatic rings. The third-order valence-corrected chi connectivity index (χ3v) is 4.87. The molecule has 23 heavy (non-hydrogen) atoms. The first-order chi connectivity index (χ1) is 10.3. The van der Waals surface area contributed by atoms with Crippen molar-refractivity contribution in [2.24, 2.45) is 0 Å². The van der Waals surface area contributed by atoms with Gasteiger partial charge in [0.2, 0.25) is 0 Å². The third-order valence-electron chi connectivity index (χ3n) is 4.06. The van der Waals surface area contributed by atoms with E-state index in [0.717, 1.165) is 32.6 Å². The van der Waals surface area contributed by atoms with Crippen LogP contribution in [-0.4, -0.2) is 29.5 Å². The van der Waals surface area contributed by atoms with Gasteiger partial charge >= 0.3 is 0 Å². The van der Waals surface area contributed by atoms with Crippen LogP contribution in [0, 0.1) is 0 Å². The van der Waals surface area contributed by atoms with Gasteiger partial charge in [-0.25, -0.2) is 4.98 Å². The van der Waals surface area contributed by atoms with E-state index >= 15 is 0 Å². The Labute approximate surface area is 154 Å². The fraction of sp³-hybridized carbons (Fsp3) is 0.438. The summed E-state index contributed by atoms with van der Waals surface area (Å²) in [6.45, 7) is 6.21. The number of piperazine rings is 1. The van der Waals surface area contributed by atoms with Crippen LogP contribution in [0.15, 0.2) is 30.5 Å². The Balaban J connectivity index is 0.00000132. The Bertz CT molecular complexity index is 588. The zero-order valence-electron chi connectivity index (χ0n) is 13.2. The van der Waals surface area contributed by atoms with E-state index in [2.05, 4.69) is 46.4 Å². The molecule has 1 aromatic carbocycles. The third kappa shape index (κ3) is 5.06. The van der Waals surface area contributed by atoms with Gasteiger partial charge in [-0.05, 0) is 17.5 Å². The van der Waals surface area contributed by atoms with Gasteiger partial charge < -0.3 is 11.1 Å². The summed E-state index contributed by atoms with van der Waals surface area (Å²) >= 11 is 1.59. The van der Waals surface area contributed by atoms with Gasteiger partial charge in [-0.15, -0.1) is 36.2 Å². The SMILES string of the molecule is CCc1ccc(C2CNCCN2Cc2cnc(N)s2)cc1.Cl.Cl. The van der Waals surface area contributed by atoms with E-state index in [4.69, 9.17) is 5.73 Å². The number of hydrogen-bond donors (Lipinski definition) is 2. The molecule has 3 N–H and O–H groups in total. The van der Waals surface area contributed by atoms with Crippen molar-refractivity contribution in [3.05, 3.63) is 46.5 Å². The predicted octanol–water partition coefficient (Wildman–Crippen LogP) is 3.28. The Kier molecular flexibility index (Phi) is 8.29. The van der Waals surface area contributed by atoms with Crippen molar-refractivity contribution < 1.29 is 0 Å². The van der Waals surface area contributed by atoms with Crippen molar-refractivity contribution in [1.82, 2.24) is 15.2 Å². The highest BCUT2D eigenvalue weighted by molar-refractivity contribution is 7.15. The van der Waals surface area contributed by atoms with E-state index in [0.29, 0.717) is 11.2 Å². The largest absolute Gasteiger partial charge is 0.375 e. The summed E-state index contributed by atoms with van der Waals surface area (Å²) in [5.74, 6) is 0. The number of aryl methyl sites for hydroxylation is 1. The minimum atomic E-state index is 0. The summed E-state index contributed by atoms with van der Waals surface area (Å²) in [5, 5.41) is 4.16. The molecule has 1 aromatic heterocycles. The summed E-state index contributed by atoms with van der Waals surface area (Å²) in [7, 11) is 0. The Morgan fingerprint density at radius 1 is 1.30 bits per heavy atom. The number of nitrogens with zero attached hydrogens (tertiary/aromatic N) is 2. The van der Waals surface area contributed by atoms with Crippen LogP contribution in [0.25, 0.3) is 0 Å². The van der Waals surface area contributed by atoms with E-state index in [1.54, 1.807) is 11.3 Å². The summed E-state index contributed by atoms with van der Waals surface area (Å²) in [6, 6.07) is 9.45. The molecule has 0 amide bonds. The second kappa shape index (κ2) is 9.45. The highest BCUT2D eigenvalue weighted by atomic mass is 35.5.